The van der Waals surface area contributed by atoms with Crippen LogP contribution in [0.4, 0.5) is 13.2 Å². The summed E-state index contributed by atoms with van der Waals surface area (Å²) in [4.78, 5) is 0. The largest absolute Gasteiger partial charge is 0.393 e. The van der Waals surface area contributed by atoms with Crippen molar-refractivity contribution in [2.75, 3.05) is 13.1 Å². The molecule has 0 aliphatic carbocycles. The first-order chi connectivity index (χ1) is 4.50. The Balaban J connectivity index is 2.45. The van der Waals surface area contributed by atoms with Crippen molar-refractivity contribution >= 4 is 0 Å². The highest BCUT2D eigenvalue weighted by Gasteiger charge is 2.42. The molecule has 0 aromatic carbocycles. The van der Waals surface area contributed by atoms with E-state index in [0.717, 1.165) is 0 Å². The van der Waals surface area contributed by atoms with Crippen LogP contribution in [0.2, 0.25) is 0 Å². The molecule has 2 nitrogen and oxygen atoms in total. The fraction of sp³-hybridized carbons (Fsp3) is 1.00. The maximum absolute atomic E-state index is 11.9. The van der Waals surface area contributed by atoms with Crippen LogP contribution in [0.1, 0.15) is 6.42 Å². The molecule has 1 atom stereocenters. The smallest absolute Gasteiger partial charge is 0.269 e. The van der Waals surface area contributed by atoms with Crippen LogP contribution in [0, 0.1) is 5.92 Å². The van der Waals surface area contributed by atoms with Crippen LogP contribution in [0.3, 0.4) is 0 Å². The molecule has 60 valence electrons. The minimum absolute atomic E-state index is 0.0521. The van der Waals surface area contributed by atoms with E-state index in [-0.39, 0.29) is 13.0 Å². The van der Waals surface area contributed by atoms with Gasteiger partial charge in [-0.3, -0.25) is 5.84 Å². The summed E-state index contributed by atoms with van der Waals surface area (Å²) in [6.45, 7) is 0.299. The number of rotatable bonds is 0. The minimum Gasteiger partial charge on any atom is -0.269 e. The highest BCUT2D eigenvalue weighted by molar-refractivity contribution is 4.77. The summed E-state index contributed by atoms with van der Waals surface area (Å²) in [7, 11) is 0. The Morgan fingerprint density at radius 3 is 2.20 bits per heavy atom. The minimum atomic E-state index is -4.06. The molecule has 0 bridgehead atoms. The lowest BCUT2D eigenvalue weighted by atomic mass is 10.1. The first kappa shape index (κ1) is 7.81. The maximum Gasteiger partial charge on any atom is 0.393 e. The summed E-state index contributed by atoms with van der Waals surface area (Å²) in [5, 5.41) is 1.21. The summed E-state index contributed by atoms with van der Waals surface area (Å²) >= 11 is 0. The lowest BCUT2D eigenvalue weighted by Gasteiger charge is -2.13. The van der Waals surface area contributed by atoms with Crippen LogP contribution in [0.15, 0.2) is 0 Å². The number of nitrogens with two attached hydrogens (primary N) is 1. The zero-order chi connectivity index (χ0) is 7.78. The van der Waals surface area contributed by atoms with Crippen LogP contribution in [0.25, 0.3) is 0 Å². The van der Waals surface area contributed by atoms with Gasteiger partial charge in [-0.25, -0.2) is 5.01 Å². The Bertz CT molecular complexity index is 123. The molecular weight excluding hydrogens is 145 g/mol. The van der Waals surface area contributed by atoms with Gasteiger partial charge in [0.15, 0.2) is 0 Å². The predicted molar refractivity (Wildman–Crippen MR) is 29.9 cm³/mol. The first-order valence-corrected chi connectivity index (χ1v) is 3.06. The molecule has 0 saturated carbocycles. The van der Waals surface area contributed by atoms with E-state index in [2.05, 4.69) is 0 Å². The van der Waals surface area contributed by atoms with E-state index in [1.165, 1.54) is 5.01 Å². The SMILES string of the molecule is NN1CC[C@H](C(F)(F)F)C1. The van der Waals surface area contributed by atoms with E-state index >= 15 is 0 Å². The second-order valence-electron chi connectivity index (χ2n) is 2.52. The van der Waals surface area contributed by atoms with Crippen molar-refractivity contribution < 1.29 is 13.2 Å². The quantitative estimate of drug-likeness (QED) is 0.521. The molecule has 0 unspecified atom stereocenters. The average Bonchev–Trinajstić information content (AvgIpc) is 2.11. The Morgan fingerprint density at radius 2 is 2.00 bits per heavy atom. The molecule has 1 rings (SSSR count). The number of halogens is 3. The van der Waals surface area contributed by atoms with Crippen molar-refractivity contribution in [1.29, 1.82) is 0 Å². The van der Waals surface area contributed by atoms with Gasteiger partial charge in [0.05, 0.1) is 5.92 Å². The predicted octanol–water partition coefficient (Wildman–Crippen LogP) is 0.744. The molecule has 0 radical (unpaired) electrons. The van der Waals surface area contributed by atoms with Crippen molar-refractivity contribution in [2.45, 2.75) is 12.6 Å². The van der Waals surface area contributed by atoms with Gasteiger partial charge in [-0.2, -0.15) is 13.2 Å². The van der Waals surface area contributed by atoms with Crippen LogP contribution in [-0.4, -0.2) is 24.3 Å². The second kappa shape index (κ2) is 2.39. The lowest BCUT2D eigenvalue weighted by molar-refractivity contribution is -0.170. The van der Waals surface area contributed by atoms with Crippen molar-refractivity contribution in [3.8, 4) is 0 Å². The number of hydrogen-bond acceptors (Lipinski definition) is 2. The van der Waals surface area contributed by atoms with E-state index in [9.17, 15) is 13.2 Å². The monoisotopic (exact) mass is 154 g/mol. The Morgan fingerprint density at radius 1 is 1.40 bits per heavy atom. The Labute approximate surface area is 56.8 Å². The number of hydrazine groups is 1. The maximum atomic E-state index is 11.9. The van der Waals surface area contributed by atoms with Crippen molar-refractivity contribution in [2.24, 2.45) is 11.8 Å². The lowest BCUT2D eigenvalue weighted by Crippen LogP contribution is -2.31. The van der Waals surface area contributed by atoms with Crippen LogP contribution < -0.4 is 5.84 Å². The van der Waals surface area contributed by atoms with Gasteiger partial charge >= 0.3 is 6.18 Å². The molecule has 2 N–H and O–H groups in total. The molecule has 1 saturated heterocycles. The molecule has 5 heteroatoms. The van der Waals surface area contributed by atoms with Gasteiger partial charge in [-0.05, 0) is 6.42 Å². The Hall–Kier alpha value is -0.290. The van der Waals surface area contributed by atoms with Gasteiger partial charge in [-0.15, -0.1) is 0 Å². The molecule has 0 amide bonds. The third-order valence-electron chi connectivity index (χ3n) is 1.68. The molecule has 1 aliphatic heterocycles. The van der Waals surface area contributed by atoms with Crippen LogP contribution in [0.5, 0.6) is 0 Å². The van der Waals surface area contributed by atoms with E-state index in [0.29, 0.717) is 6.54 Å². The summed E-state index contributed by atoms with van der Waals surface area (Å²) in [6.07, 6.45) is -3.92. The zero-order valence-electron chi connectivity index (χ0n) is 5.36. The topological polar surface area (TPSA) is 29.3 Å². The number of nitrogens with zero attached hydrogens (tertiary/aromatic N) is 1. The molecule has 0 spiro atoms. The van der Waals surface area contributed by atoms with Gasteiger partial charge < -0.3 is 0 Å². The molecule has 0 aromatic rings. The first-order valence-electron chi connectivity index (χ1n) is 3.06. The average molecular weight is 154 g/mol. The number of hydrogen-bond donors (Lipinski definition) is 1. The highest BCUT2D eigenvalue weighted by Crippen LogP contribution is 2.32. The van der Waals surface area contributed by atoms with Crippen LogP contribution >= 0.6 is 0 Å². The molecule has 0 aromatic heterocycles. The summed E-state index contributed by atoms with van der Waals surface area (Å²) in [5.74, 6) is 3.94. The molecule has 1 fully saturated rings. The normalized spacial score (nSPS) is 29.4. The fourth-order valence-electron chi connectivity index (χ4n) is 1.05. The van der Waals surface area contributed by atoms with E-state index in [1.807, 2.05) is 0 Å². The highest BCUT2D eigenvalue weighted by atomic mass is 19.4. The van der Waals surface area contributed by atoms with Gasteiger partial charge in [0.25, 0.3) is 0 Å². The van der Waals surface area contributed by atoms with Crippen molar-refractivity contribution in [1.82, 2.24) is 5.01 Å². The van der Waals surface area contributed by atoms with Gasteiger partial charge in [-0.1, -0.05) is 0 Å². The van der Waals surface area contributed by atoms with Crippen LogP contribution in [-0.2, 0) is 0 Å². The second-order valence-corrected chi connectivity index (χ2v) is 2.52. The summed E-state index contributed by atoms with van der Waals surface area (Å²) in [5.41, 5.74) is 0. The van der Waals surface area contributed by atoms with E-state index < -0.39 is 12.1 Å². The molecule has 10 heavy (non-hydrogen) atoms. The third-order valence-corrected chi connectivity index (χ3v) is 1.68. The molecule has 1 heterocycles. The summed E-state index contributed by atoms with van der Waals surface area (Å²) < 4.78 is 35.6. The van der Waals surface area contributed by atoms with Crippen molar-refractivity contribution in [3.05, 3.63) is 0 Å². The standard InChI is InChI=1S/C5H9F3N2/c6-5(7,8)4-1-2-10(9)3-4/h4H,1-3,9H2/t4-/m0/s1. The fourth-order valence-corrected chi connectivity index (χ4v) is 1.05. The molecule has 1 aliphatic rings. The summed E-state index contributed by atoms with van der Waals surface area (Å²) in [6, 6.07) is 0. The van der Waals surface area contributed by atoms with E-state index in [1.54, 1.807) is 0 Å². The Kier molecular flexibility index (Phi) is 1.87. The van der Waals surface area contributed by atoms with Gasteiger partial charge in [0.2, 0.25) is 0 Å². The van der Waals surface area contributed by atoms with Crippen molar-refractivity contribution in [3.63, 3.8) is 0 Å². The zero-order valence-corrected chi connectivity index (χ0v) is 5.36. The van der Waals surface area contributed by atoms with Gasteiger partial charge in [0.1, 0.15) is 0 Å². The third kappa shape index (κ3) is 1.60. The number of alkyl halides is 3. The van der Waals surface area contributed by atoms with Gasteiger partial charge in [0, 0.05) is 13.1 Å². The van der Waals surface area contributed by atoms with E-state index in [4.69, 9.17) is 5.84 Å². The molecular formula is C5H9F3N2.